The maximum atomic E-state index is 11.6. The van der Waals surface area contributed by atoms with E-state index in [2.05, 4.69) is 28.4 Å². The van der Waals surface area contributed by atoms with Crippen molar-refractivity contribution in [1.29, 1.82) is 5.26 Å². The van der Waals surface area contributed by atoms with Gasteiger partial charge in [-0.15, -0.1) is 0 Å². The molecule has 5 nitrogen and oxygen atoms in total. The molecule has 2 aliphatic rings. The number of nitriles is 1. The molecule has 5 heteroatoms. The molecule has 2 heterocycles. The minimum atomic E-state index is 0.0474. The Morgan fingerprint density at radius 3 is 2.90 bits per heavy atom. The molecule has 1 N–H and O–H groups in total. The highest BCUT2D eigenvalue weighted by Crippen LogP contribution is 2.27. The van der Waals surface area contributed by atoms with Crippen molar-refractivity contribution in [3.8, 4) is 6.07 Å². The first kappa shape index (κ1) is 12.9. The van der Waals surface area contributed by atoms with Crippen LogP contribution in [-0.2, 0) is 0 Å². The average Bonchev–Trinajstić information content (AvgIpc) is 2.86. The van der Waals surface area contributed by atoms with Crippen molar-refractivity contribution in [2.24, 2.45) is 0 Å². The van der Waals surface area contributed by atoms with Crippen LogP contribution in [0.15, 0.2) is 30.3 Å². The predicted octanol–water partition coefficient (Wildman–Crippen LogP) is 1.35. The second kappa shape index (κ2) is 5.51. The molecule has 2 amide bonds. The van der Waals surface area contributed by atoms with Gasteiger partial charge in [0.05, 0.1) is 18.5 Å². The number of hydrogen-bond acceptors (Lipinski definition) is 3. The van der Waals surface area contributed by atoms with Crippen molar-refractivity contribution in [3.63, 3.8) is 0 Å². The number of urea groups is 1. The third-order valence-electron chi connectivity index (χ3n) is 4.17. The highest BCUT2D eigenvalue weighted by molar-refractivity contribution is 5.77. The van der Waals surface area contributed by atoms with E-state index in [0.29, 0.717) is 13.0 Å². The molecule has 1 aromatic carbocycles. The summed E-state index contributed by atoms with van der Waals surface area (Å²) in [5.74, 6) is 0. The Balaban J connectivity index is 1.76. The Labute approximate surface area is 118 Å². The number of rotatable bonds is 3. The van der Waals surface area contributed by atoms with Crippen molar-refractivity contribution in [1.82, 2.24) is 15.1 Å². The number of carbonyl (C=O) groups excluding carboxylic acids is 1. The maximum Gasteiger partial charge on any atom is 0.317 e. The summed E-state index contributed by atoms with van der Waals surface area (Å²) in [5.41, 5.74) is 1.18. The minimum absolute atomic E-state index is 0.0474. The van der Waals surface area contributed by atoms with Gasteiger partial charge in [-0.2, -0.15) is 5.26 Å². The summed E-state index contributed by atoms with van der Waals surface area (Å²) in [6.45, 7) is 3.11. The first-order valence-corrected chi connectivity index (χ1v) is 7.00. The first-order chi connectivity index (χ1) is 9.79. The minimum Gasteiger partial charge on any atom is -0.336 e. The zero-order chi connectivity index (χ0) is 13.9. The topological polar surface area (TPSA) is 59.4 Å². The molecule has 2 saturated heterocycles. The second-order valence-corrected chi connectivity index (χ2v) is 5.32. The van der Waals surface area contributed by atoms with E-state index in [1.54, 1.807) is 0 Å². The highest BCUT2D eigenvalue weighted by Gasteiger charge is 2.37. The third-order valence-corrected chi connectivity index (χ3v) is 4.17. The van der Waals surface area contributed by atoms with Crippen LogP contribution >= 0.6 is 0 Å². The molecule has 0 saturated carbocycles. The van der Waals surface area contributed by atoms with E-state index in [1.165, 1.54) is 5.56 Å². The number of hydrogen-bond donors (Lipinski definition) is 1. The molecule has 104 valence electrons. The van der Waals surface area contributed by atoms with Crippen LogP contribution in [0.1, 0.15) is 18.0 Å². The van der Waals surface area contributed by atoms with Crippen molar-refractivity contribution in [3.05, 3.63) is 35.9 Å². The molecule has 0 spiro atoms. The van der Waals surface area contributed by atoms with Gasteiger partial charge in [-0.1, -0.05) is 30.3 Å². The largest absolute Gasteiger partial charge is 0.336 e. The van der Waals surface area contributed by atoms with Crippen molar-refractivity contribution < 1.29 is 4.79 Å². The third kappa shape index (κ3) is 2.35. The molecule has 1 aromatic rings. The van der Waals surface area contributed by atoms with E-state index in [1.807, 2.05) is 23.1 Å². The fourth-order valence-electron chi connectivity index (χ4n) is 3.13. The number of benzene rings is 1. The SMILES string of the molecule is N#CCC(c1ccccc1)N1CCN2C(=O)NCC2C1. The van der Waals surface area contributed by atoms with E-state index < -0.39 is 0 Å². The van der Waals surface area contributed by atoms with Gasteiger partial charge in [0, 0.05) is 32.2 Å². The molecular weight excluding hydrogens is 252 g/mol. The average molecular weight is 270 g/mol. The van der Waals surface area contributed by atoms with Gasteiger partial charge < -0.3 is 10.2 Å². The van der Waals surface area contributed by atoms with Crippen molar-refractivity contribution in [2.75, 3.05) is 26.2 Å². The summed E-state index contributed by atoms with van der Waals surface area (Å²) in [7, 11) is 0. The normalized spacial score (nSPS) is 23.9. The smallest absolute Gasteiger partial charge is 0.317 e. The van der Waals surface area contributed by atoms with E-state index in [-0.39, 0.29) is 18.1 Å². The van der Waals surface area contributed by atoms with Crippen LogP contribution in [0, 0.1) is 11.3 Å². The molecule has 0 aromatic heterocycles. The Kier molecular flexibility index (Phi) is 3.57. The number of fused-ring (bicyclic) bond motifs is 1. The van der Waals surface area contributed by atoms with Crippen molar-refractivity contribution >= 4 is 6.03 Å². The number of carbonyl (C=O) groups is 1. The zero-order valence-corrected chi connectivity index (χ0v) is 11.3. The van der Waals surface area contributed by atoms with Gasteiger partial charge >= 0.3 is 6.03 Å². The van der Waals surface area contributed by atoms with Crippen LogP contribution in [0.2, 0.25) is 0 Å². The fourth-order valence-corrected chi connectivity index (χ4v) is 3.13. The summed E-state index contributed by atoms with van der Waals surface area (Å²) < 4.78 is 0. The summed E-state index contributed by atoms with van der Waals surface area (Å²) in [6.07, 6.45) is 0.484. The van der Waals surface area contributed by atoms with Gasteiger partial charge in [0.2, 0.25) is 0 Å². The molecule has 2 aliphatic heterocycles. The van der Waals surface area contributed by atoms with Crippen LogP contribution in [0.5, 0.6) is 0 Å². The number of nitrogens with one attached hydrogen (secondary N) is 1. The fraction of sp³-hybridized carbons (Fsp3) is 0.467. The molecule has 20 heavy (non-hydrogen) atoms. The van der Waals surface area contributed by atoms with Crippen LogP contribution in [0.4, 0.5) is 4.79 Å². The van der Waals surface area contributed by atoms with E-state index >= 15 is 0 Å². The second-order valence-electron chi connectivity index (χ2n) is 5.32. The Morgan fingerprint density at radius 1 is 1.35 bits per heavy atom. The van der Waals surface area contributed by atoms with Crippen LogP contribution < -0.4 is 5.32 Å². The molecule has 2 fully saturated rings. The quantitative estimate of drug-likeness (QED) is 0.902. The number of amides is 2. The highest BCUT2D eigenvalue weighted by atomic mass is 16.2. The van der Waals surface area contributed by atoms with Crippen LogP contribution in [0.25, 0.3) is 0 Å². The van der Waals surface area contributed by atoms with E-state index in [4.69, 9.17) is 5.26 Å². The maximum absolute atomic E-state index is 11.6. The summed E-state index contributed by atoms with van der Waals surface area (Å²) in [6, 6.07) is 12.9. The van der Waals surface area contributed by atoms with Crippen LogP contribution in [0.3, 0.4) is 0 Å². The first-order valence-electron chi connectivity index (χ1n) is 7.00. The van der Waals surface area contributed by atoms with E-state index in [9.17, 15) is 4.79 Å². The lowest BCUT2D eigenvalue weighted by molar-refractivity contribution is 0.0890. The monoisotopic (exact) mass is 270 g/mol. The van der Waals surface area contributed by atoms with Gasteiger partial charge in [-0.3, -0.25) is 4.90 Å². The standard InChI is InChI=1S/C15H18N4O/c16-7-6-14(12-4-2-1-3-5-12)18-8-9-19-13(11-18)10-17-15(19)20/h1-5,13-14H,6,8-11H2,(H,17,20). The molecule has 0 bridgehead atoms. The molecule has 3 rings (SSSR count). The number of piperazine rings is 1. The molecule has 0 aliphatic carbocycles. The zero-order valence-electron chi connectivity index (χ0n) is 11.3. The summed E-state index contributed by atoms with van der Waals surface area (Å²) in [4.78, 5) is 15.9. The van der Waals surface area contributed by atoms with Gasteiger partial charge in [0.1, 0.15) is 0 Å². The number of nitrogens with zero attached hydrogens (tertiary/aromatic N) is 3. The Bertz CT molecular complexity index is 524. The summed E-state index contributed by atoms with van der Waals surface area (Å²) in [5, 5.41) is 12.0. The molecule has 0 radical (unpaired) electrons. The molecule has 2 unspecified atom stereocenters. The van der Waals surface area contributed by atoms with Gasteiger partial charge in [-0.05, 0) is 5.56 Å². The molecular formula is C15H18N4O. The van der Waals surface area contributed by atoms with Crippen molar-refractivity contribution in [2.45, 2.75) is 18.5 Å². The predicted molar refractivity (Wildman–Crippen MR) is 74.9 cm³/mol. The summed E-state index contributed by atoms with van der Waals surface area (Å²) >= 11 is 0. The lowest BCUT2D eigenvalue weighted by atomic mass is 10.0. The van der Waals surface area contributed by atoms with Gasteiger partial charge in [-0.25, -0.2) is 4.79 Å². The Hall–Kier alpha value is -2.06. The lowest BCUT2D eigenvalue weighted by Gasteiger charge is -2.40. The van der Waals surface area contributed by atoms with E-state index in [0.717, 1.165) is 19.6 Å². The van der Waals surface area contributed by atoms with Gasteiger partial charge in [0.25, 0.3) is 0 Å². The lowest BCUT2D eigenvalue weighted by Crippen LogP contribution is -2.52. The Morgan fingerprint density at radius 2 is 2.15 bits per heavy atom. The van der Waals surface area contributed by atoms with Crippen LogP contribution in [-0.4, -0.2) is 48.1 Å². The van der Waals surface area contributed by atoms with Gasteiger partial charge in [0.15, 0.2) is 0 Å². The molecule has 2 atom stereocenters.